The van der Waals surface area contributed by atoms with E-state index in [0.717, 1.165) is 25.6 Å². The molecule has 1 aromatic heterocycles. The fraction of sp³-hybridized carbons (Fsp3) is 0.615. The molecule has 2 heterocycles. The standard InChI is InChI=1S/C13H19F3N4/c1-19(2)11-3-4-20(8-11)7-10-5-9(17)6-12(18-10)13(14,15)16/h5-6,11H,3-4,7-8H2,1-2H3,(H2,17,18)/t11-/m1/s1. The van der Waals surface area contributed by atoms with E-state index in [1.807, 2.05) is 14.1 Å². The van der Waals surface area contributed by atoms with Crippen molar-refractivity contribution in [3.8, 4) is 0 Å². The number of likely N-dealkylation sites (tertiary alicyclic amines) is 1. The Hall–Kier alpha value is -1.34. The molecule has 1 aromatic rings. The third-order valence-electron chi connectivity index (χ3n) is 3.55. The molecule has 1 saturated heterocycles. The topological polar surface area (TPSA) is 45.4 Å². The van der Waals surface area contributed by atoms with E-state index in [0.29, 0.717) is 18.3 Å². The molecule has 0 amide bonds. The van der Waals surface area contributed by atoms with Crippen LogP contribution in [0.1, 0.15) is 17.8 Å². The van der Waals surface area contributed by atoms with Gasteiger partial charge in [-0.15, -0.1) is 0 Å². The predicted molar refractivity (Wildman–Crippen MR) is 71.0 cm³/mol. The van der Waals surface area contributed by atoms with Crippen molar-refractivity contribution in [1.29, 1.82) is 0 Å². The summed E-state index contributed by atoms with van der Waals surface area (Å²) in [6, 6.07) is 2.83. The molecule has 1 fully saturated rings. The molecule has 112 valence electrons. The van der Waals surface area contributed by atoms with E-state index in [-0.39, 0.29) is 5.69 Å². The number of nitrogens with two attached hydrogens (primary N) is 1. The Bertz CT molecular complexity index is 473. The van der Waals surface area contributed by atoms with Crippen LogP contribution in [-0.4, -0.2) is 48.0 Å². The molecule has 2 rings (SSSR count). The van der Waals surface area contributed by atoms with Gasteiger partial charge in [0.15, 0.2) is 0 Å². The number of hydrogen-bond donors (Lipinski definition) is 1. The molecule has 7 heteroatoms. The second-order valence-corrected chi connectivity index (χ2v) is 5.42. The first-order valence-electron chi connectivity index (χ1n) is 6.48. The smallest absolute Gasteiger partial charge is 0.399 e. The molecule has 0 spiro atoms. The van der Waals surface area contributed by atoms with E-state index < -0.39 is 11.9 Å². The lowest BCUT2D eigenvalue weighted by atomic mass is 10.2. The number of pyridine rings is 1. The predicted octanol–water partition coefficient (Wildman–Crippen LogP) is 1.82. The van der Waals surface area contributed by atoms with Crippen LogP contribution in [-0.2, 0) is 12.7 Å². The highest BCUT2D eigenvalue weighted by atomic mass is 19.4. The van der Waals surface area contributed by atoms with Crippen molar-refractivity contribution < 1.29 is 13.2 Å². The van der Waals surface area contributed by atoms with Crippen molar-refractivity contribution in [3.63, 3.8) is 0 Å². The highest BCUT2D eigenvalue weighted by Gasteiger charge is 2.33. The van der Waals surface area contributed by atoms with Gasteiger partial charge in [-0.25, -0.2) is 4.98 Å². The minimum Gasteiger partial charge on any atom is -0.399 e. The van der Waals surface area contributed by atoms with Gasteiger partial charge in [0, 0.05) is 31.4 Å². The minimum absolute atomic E-state index is 0.102. The van der Waals surface area contributed by atoms with Crippen LogP contribution in [0.2, 0.25) is 0 Å². The molecule has 0 radical (unpaired) electrons. The van der Waals surface area contributed by atoms with Gasteiger partial charge in [0.05, 0.1) is 5.69 Å². The second kappa shape index (κ2) is 5.57. The summed E-state index contributed by atoms with van der Waals surface area (Å²) in [5, 5.41) is 0. The molecule has 4 nitrogen and oxygen atoms in total. The van der Waals surface area contributed by atoms with E-state index in [1.165, 1.54) is 6.07 Å². The molecule has 0 aliphatic carbocycles. The third kappa shape index (κ3) is 3.61. The number of rotatable bonds is 3. The lowest BCUT2D eigenvalue weighted by molar-refractivity contribution is -0.141. The summed E-state index contributed by atoms with van der Waals surface area (Å²) in [6.07, 6.45) is -3.44. The number of hydrogen-bond acceptors (Lipinski definition) is 4. The largest absolute Gasteiger partial charge is 0.433 e. The van der Waals surface area contributed by atoms with Gasteiger partial charge in [0.2, 0.25) is 0 Å². The monoisotopic (exact) mass is 288 g/mol. The van der Waals surface area contributed by atoms with Crippen molar-refractivity contribution in [2.24, 2.45) is 0 Å². The fourth-order valence-corrected chi connectivity index (χ4v) is 2.44. The number of nitrogen functional groups attached to an aromatic ring is 1. The molecule has 0 aromatic carbocycles. The summed E-state index contributed by atoms with van der Waals surface area (Å²) in [4.78, 5) is 7.91. The third-order valence-corrected chi connectivity index (χ3v) is 3.55. The maximum absolute atomic E-state index is 12.7. The molecular formula is C13H19F3N4. The molecule has 1 aliphatic rings. The first kappa shape index (κ1) is 15.1. The Morgan fingerprint density at radius 1 is 1.40 bits per heavy atom. The van der Waals surface area contributed by atoms with Crippen molar-refractivity contribution >= 4 is 5.69 Å². The summed E-state index contributed by atoms with van der Waals surface area (Å²) in [7, 11) is 4.02. The first-order chi connectivity index (χ1) is 9.25. The average molecular weight is 288 g/mol. The SMILES string of the molecule is CN(C)[C@@H]1CCN(Cc2cc(N)cc(C(F)(F)F)n2)C1. The van der Waals surface area contributed by atoms with Gasteiger partial charge in [0.25, 0.3) is 0 Å². The Morgan fingerprint density at radius 2 is 2.10 bits per heavy atom. The lowest BCUT2D eigenvalue weighted by Gasteiger charge is -2.20. The van der Waals surface area contributed by atoms with Crippen LogP contribution in [0.15, 0.2) is 12.1 Å². The van der Waals surface area contributed by atoms with Crippen molar-refractivity contribution in [2.45, 2.75) is 25.2 Å². The number of nitrogens with zero attached hydrogens (tertiary/aromatic N) is 3. The molecule has 20 heavy (non-hydrogen) atoms. The Morgan fingerprint density at radius 3 is 2.65 bits per heavy atom. The van der Waals surface area contributed by atoms with Crippen molar-refractivity contribution in [2.75, 3.05) is 32.9 Å². The maximum Gasteiger partial charge on any atom is 0.433 e. The van der Waals surface area contributed by atoms with Gasteiger partial charge in [-0.3, -0.25) is 4.90 Å². The highest BCUT2D eigenvalue weighted by Crippen LogP contribution is 2.29. The van der Waals surface area contributed by atoms with Gasteiger partial charge in [-0.2, -0.15) is 13.2 Å². The zero-order valence-electron chi connectivity index (χ0n) is 11.6. The summed E-state index contributed by atoms with van der Waals surface area (Å²) < 4.78 is 38.1. The van der Waals surface area contributed by atoms with E-state index in [4.69, 9.17) is 5.73 Å². The fourth-order valence-electron chi connectivity index (χ4n) is 2.44. The van der Waals surface area contributed by atoms with E-state index >= 15 is 0 Å². The zero-order valence-corrected chi connectivity index (χ0v) is 11.6. The van der Waals surface area contributed by atoms with E-state index in [9.17, 15) is 13.2 Å². The molecule has 1 aliphatic heterocycles. The Balaban J connectivity index is 2.09. The van der Waals surface area contributed by atoms with Crippen LogP contribution in [0.4, 0.5) is 18.9 Å². The van der Waals surface area contributed by atoms with E-state index in [1.54, 1.807) is 0 Å². The average Bonchev–Trinajstić information content (AvgIpc) is 2.75. The second-order valence-electron chi connectivity index (χ2n) is 5.42. The number of halogens is 3. The summed E-state index contributed by atoms with van der Waals surface area (Å²) in [5.41, 5.74) is 5.09. The number of alkyl halides is 3. The van der Waals surface area contributed by atoms with Gasteiger partial charge < -0.3 is 10.6 Å². The van der Waals surface area contributed by atoms with Crippen LogP contribution in [0, 0.1) is 0 Å². The van der Waals surface area contributed by atoms with Crippen LogP contribution in [0.25, 0.3) is 0 Å². The Kier molecular flexibility index (Phi) is 4.19. The number of anilines is 1. The lowest BCUT2D eigenvalue weighted by Crippen LogP contribution is -2.31. The molecule has 0 bridgehead atoms. The van der Waals surface area contributed by atoms with Gasteiger partial charge in [-0.05, 0) is 32.6 Å². The quantitative estimate of drug-likeness (QED) is 0.921. The molecule has 1 atom stereocenters. The summed E-state index contributed by atoms with van der Waals surface area (Å²) in [6.45, 7) is 2.10. The van der Waals surface area contributed by atoms with Crippen LogP contribution in [0.3, 0.4) is 0 Å². The van der Waals surface area contributed by atoms with Gasteiger partial charge in [-0.1, -0.05) is 0 Å². The molecular weight excluding hydrogens is 269 g/mol. The zero-order chi connectivity index (χ0) is 14.9. The van der Waals surface area contributed by atoms with Crippen molar-refractivity contribution in [1.82, 2.24) is 14.8 Å². The van der Waals surface area contributed by atoms with Gasteiger partial charge >= 0.3 is 6.18 Å². The van der Waals surface area contributed by atoms with Crippen LogP contribution >= 0.6 is 0 Å². The van der Waals surface area contributed by atoms with Gasteiger partial charge in [0.1, 0.15) is 5.69 Å². The van der Waals surface area contributed by atoms with Crippen molar-refractivity contribution in [3.05, 3.63) is 23.5 Å². The molecule has 0 saturated carbocycles. The normalized spacial score (nSPS) is 20.8. The number of likely N-dealkylation sites (N-methyl/N-ethyl adjacent to an activating group) is 1. The highest BCUT2D eigenvalue weighted by molar-refractivity contribution is 5.41. The maximum atomic E-state index is 12.7. The van der Waals surface area contributed by atoms with Crippen LogP contribution in [0.5, 0.6) is 0 Å². The van der Waals surface area contributed by atoms with E-state index in [2.05, 4.69) is 14.8 Å². The minimum atomic E-state index is -4.46. The van der Waals surface area contributed by atoms with Crippen LogP contribution < -0.4 is 5.73 Å². The first-order valence-corrected chi connectivity index (χ1v) is 6.48. The summed E-state index contributed by atoms with van der Waals surface area (Å²) >= 11 is 0. The number of aromatic nitrogens is 1. The molecule has 2 N–H and O–H groups in total. The Labute approximate surface area is 116 Å². The molecule has 0 unspecified atom stereocenters. The summed E-state index contributed by atoms with van der Waals surface area (Å²) in [5.74, 6) is 0.